The fraction of sp³-hybridized carbons (Fsp3) is 0.750. The van der Waals surface area contributed by atoms with E-state index in [4.69, 9.17) is 5.11 Å². The molecule has 2 aliphatic rings. The molecule has 0 aromatic carbocycles. The molecule has 0 aromatic heterocycles. The fourth-order valence-electron chi connectivity index (χ4n) is 2.42. The summed E-state index contributed by atoms with van der Waals surface area (Å²) in [7, 11) is 0. The number of hydrogen-bond donors (Lipinski definition) is 3. The summed E-state index contributed by atoms with van der Waals surface area (Å²) in [6, 6.07) is -0.154. The van der Waals surface area contributed by atoms with Gasteiger partial charge in [0, 0.05) is 45.2 Å². The van der Waals surface area contributed by atoms with Crippen LogP contribution in [0.2, 0.25) is 0 Å². The smallest absolute Gasteiger partial charge is 0.317 e. The second-order valence-corrected chi connectivity index (χ2v) is 5.15. The molecule has 2 heterocycles. The molecule has 0 aromatic rings. The molecule has 3 amide bonds. The summed E-state index contributed by atoms with van der Waals surface area (Å²) < 4.78 is 0. The first-order valence-electron chi connectivity index (χ1n) is 6.81. The van der Waals surface area contributed by atoms with Crippen LogP contribution in [0.5, 0.6) is 0 Å². The van der Waals surface area contributed by atoms with Crippen molar-refractivity contribution in [1.29, 1.82) is 0 Å². The largest absolute Gasteiger partial charge is 0.480 e. The molecule has 0 aliphatic carbocycles. The summed E-state index contributed by atoms with van der Waals surface area (Å²) in [5, 5.41) is 14.3. The Balaban J connectivity index is 1.71. The van der Waals surface area contributed by atoms with E-state index >= 15 is 0 Å². The van der Waals surface area contributed by atoms with Gasteiger partial charge in [-0.05, 0) is 6.42 Å². The molecule has 2 rings (SSSR count). The summed E-state index contributed by atoms with van der Waals surface area (Å²) in [4.78, 5) is 37.2. The van der Waals surface area contributed by atoms with Crippen LogP contribution >= 0.6 is 0 Å². The van der Waals surface area contributed by atoms with E-state index in [1.165, 1.54) is 0 Å². The number of piperidine rings is 1. The van der Waals surface area contributed by atoms with Gasteiger partial charge in [0.15, 0.2) is 0 Å². The van der Waals surface area contributed by atoms with E-state index in [0.29, 0.717) is 45.6 Å². The van der Waals surface area contributed by atoms with E-state index in [0.717, 1.165) is 0 Å². The average molecular weight is 284 g/mol. The first-order chi connectivity index (χ1) is 9.54. The predicted molar refractivity (Wildman–Crippen MR) is 70.2 cm³/mol. The Hall–Kier alpha value is -1.83. The van der Waals surface area contributed by atoms with Gasteiger partial charge in [-0.25, -0.2) is 4.79 Å². The van der Waals surface area contributed by atoms with Crippen molar-refractivity contribution in [2.75, 3.05) is 39.3 Å². The summed E-state index contributed by atoms with van der Waals surface area (Å²) in [5.41, 5.74) is 0. The van der Waals surface area contributed by atoms with E-state index in [1.807, 2.05) is 4.90 Å². The van der Waals surface area contributed by atoms with Gasteiger partial charge in [-0.3, -0.25) is 14.5 Å². The topological polar surface area (TPSA) is 102 Å². The minimum absolute atomic E-state index is 0.0164. The monoisotopic (exact) mass is 284 g/mol. The molecule has 112 valence electrons. The highest BCUT2D eigenvalue weighted by Gasteiger charge is 2.25. The highest BCUT2D eigenvalue weighted by atomic mass is 16.4. The summed E-state index contributed by atoms with van der Waals surface area (Å²) in [6.45, 7) is 2.69. The number of carboxylic acids is 1. The van der Waals surface area contributed by atoms with E-state index in [-0.39, 0.29) is 24.5 Å². The second-order valence-electron chi connectivity index (χ2n) is 5.15. The van der Waals surface area contributed by atoms with Gasteiger partial charge < -0.3 is 20.6 Å². The Morgan fingerprint density at radius 3 is 2.55 bits per heavy atom. The zero-order valence-corrected chi connectivity index (χ0v) is 11.3. The van der Waals surface area contributed by atoms with Crippen molar-refractivity contribution in [3.8, 4) is 0 Å². The quantitative estimate of drug-likeness (QED) is 0.596. The summed E-state index contributed by atoms with van der Waals surface area (Å²) in [6.07, 6.45) is 1.11. The van der Waals surface area contributed by atoms with E-state index < -0.39 is 5.97 Å². The number of nitrogens with one attached hydrogen (secondary N) is 2. The maximum Gasteiger partial charge on any atom is 0.317 e. The van der Waals surface area contributed by atoms with Crippen LogP contribution in [-0.2, 0) is 9.59 Å². The molecular weight excluding hydrogens is 264 g/mol. The normalized spacial score (nSPS) is 24.1. The highest BCUT2D eigenvalue weighted by molar-refractivity contribution is 5.78. The molecule has 3 N–H and O–H groups in total. The van der Waals surface area contributed by atoms with Crippen molar-refractivity contribution in [3.05, 3.63) is 0 Å². The first-order valence-corrected chi connectivity index (χ1v) is 6.81. The second kappa shape index (κ2) is 6.56. The number of rotatable bonds is 3. The zero-order valence-electron chi connectivity index (χ0n) is 11.3. The Bertz CT molecular complexity index is 383. The third kappa shape index (κ3) is 4.09. The predicted octanol–water partition coefficient (Wildman–Crippen LogP) is -1.32. The van der Waals surface area contributed by atoms with Gasteiger partial charge >= 0.3 is 12.0 Å². The molecule has 8 nitrogen and oxygen atoms in total. The van der Waals surface area contributed by atoms with E-state index in [2.05, 4.69) is 10.6 Å². The number of piperazine rings is 1. The first kappa shape index (κ1) is 14.6. The van der Waals surface area contributed by atoms with Crippen molar-refractivity contribution >= 4 is 17.9 Å². The van der Waals surface area contributed by atoms with Gasteiger partial charge in [0.05, 0.1) is 6.54 Å². The van der Waals surface area contributed by atoms with Gasteiger partial charge in [0.25, 0.3) is 0 Å². The van der Waals surface area contributed by atoms with Crippen molar-refractivity contribution in [2.45, 2.75) is 18.9 Å². The number of nitrogens with zero attached hydrogens (tertiary/aromatic N) is 2. The molecule has 0 spiro atoms. The lowest BCUT2D eigenvalue weighted by Crippen LogP contribution is -2.56. The Morgan fingerprint density at radius 1 is 1.30 bits per heavy atom. The molecule has 2 fully saturated rings. The molecule has 0 bridgehead atoms. The van der Waals surface area contributed by atoms with Crippen LogP contribution in [-0.4, -0.2) is 78.1 Å². The Morgan fingerprint density at radius 2 is 2.00 bits per heavy atom. The van der Waals surface area contributed by atoms with Crippen molar-refractivity contribution in [3.63, 3.8) is 0 Å². The lowest BCUT2D eigenvalue weighted by atomic mass is 10.1. The van der Waals surface area contributed by atoms with Gasteiger partial charge in [-0.1, -0.05) is 0 Å². The van der Waals surface area contributed by atoms with Crippen LogP contribution in [0.1, 0.15) is 12.8 Å². The number of amides is 3. The SMILES string of the molecule is O=C(O)CN1CCN(C(=O)NC2CCC(=O)NC2)CC1. The van der Waals surface area contributed by atoms with Gasteiger partial charge in [-0.15, -0.1) is 0 Å². The van der Waals surface area contributed by atoms with Gasteiger partial charge in [0.1, 0.15) is 0 Å². The number of carbonyl (C=O) groups excluding carboxylic acids is 2. The molecule has 20 heavy (non-hydrogen) atoms. The molecule has 1 atom stereocenters. The highest BCUT2D eigenvalue weighted by Crippen LogP contribution is 2.06. The third-order valence-electron chi connectivity index (χ3n) is 3.61. The maximum absolute atomic E-state index is 12.0. The fourth-order valence-corrected chi connectivity index (χ4v) is 2.42. The van der Waals surface area contributed by atoms with Gasteiger partial charge in [-0.2, -0.15) is 0 Å². The lowest BCUT2D eigenvalue weighted by molar-refractivity contribution is -0.138. The van der Waals surface area contributed by atoms with Crippen molar-refractivity contribution in [1.82, 2.24) is 20.4 Å². The van der Waals surface area contributed by atoms with E-state index in [9.17, 15) is 14.4 Å². The van der Waals surface area contributed by atoms with Crippen LogP contribution in [0, 0.1) is 0 Å². The van der Waals surface area contributed by atoms with Crippen LogP contribution in [0.25, 0.3) is 0 Å². The third-order valence-corrected chi connectivity index (χ3v) is 3.61. The number of carbonyl (C=O) groups is 3. The number of urea groups is 1. The van der Waals surface area contributed by atoms with Gasteiger partial charge in [0.2, 0.25) is 5.91 Å². The van der Waals surface area contributed by atoms with Crippen LogP contribution in [0.15, 0.2) is 0 Å². The standard InChI is InChI=1S/C12H20N4O4/c17-10-2-1-9(7-13-10)14-12(20)16-5-3-15(4-6-16)8-11(18)19/h9H,1-8H2,(H,13,17)(H,14,20)(H,18,19). The molecule has 2 saturated heterocycles. The average Bonchev–Trinajstić information content (AvgIpc) is 2.41. The minimum atomic E-state index is -0.846. The number of carboxylic acid groups (broad SMARTS) is 1. The summed E-state index contributed by atoms with van der Waals surface area (Å²) in [5.74, 6) is -0.821. The zero-order chi connectivity index (χ0) is 14.5. The molecule has 8 heteroatoms. The lowest BCUT2D eigenvalue weighted by Gasteiger charge is -2.35. The van der Waals surface area contributed by atoms with Crippen molar-refractivity contribution in [2.24, 2.45) is 0 Å². The number of hydrogen-bond acceptors (Lipinski definition) is 4. The molecule has 0 radical (unpaired) electrons. The van der Waals surface area contributed by atoms with E-state index in [1.54, 1.807) is 4.90 Å². The molecule has 2 aliphatic heterocycles. The van der Waals surface area contributed by atoms with Crippen LogP contribution in [0.4, 0.5) is 4.79 Å². The van der Waals surface area contributed by atoms with Crippen LogP contribution < -0.4 is 10.6 Å². The Kier molecular flexibility index (Phi) is 4.78. The molecule has 1 unspecified atom stereocenters. The number of aliphatic carboxylic acids is 1. The Labute approximate surface area is 117 Å². The molecule has 0 saturated carbocycles. The maximum atomic E-state index is 12.0. The van der Waals surface area contributed by atoms with Crippen molar-refractivity contribution < 1.29 is 19.5 Å². The summed E-state index contributed by atoms with van der Waals surface area (Å²) >= 11 is 0. The molecular formula is C12H20N4O4. The van der Waals surface area contributed by atoms with Crippen LogP contribution in [0.3, 0.4) is 0 Å². The minimum Gasteiger partial charge on any atom is -0.480 e.